The van der Waals surface area contributed by atoms with Crippen molar-refractivity contribution in [3.05, 3.63) is 40.1 Å². The number of rotatable bonds is 1. The average Bonchev–Trinajstić information content (AvgIpc) is 1.98. The summed E-state index contributed by atoms with van der Waals surface area (Å²) in [7, 11) is 0. The molecule has 0 N–H and O–H groups in total. The molecule has 0 aliphatic heterocycles. The second-order valence-corrected chi connectivity index (χ2v) is 2.62. The van der Waals surface area contributed by atoms with E-state index in [9.17, 15) is 4.39 Å². The Bertz CT molecular complexity index is 281. The van der Waals surface area contributed by atoms with Crippen molar-refractivity contribution in [2.45, 2.75) is 0 Å². The predicted octanol–water partition coefficient (Wildman–Crippen LogP) is 3.69. The van der Waals surface area contributed by atoms with Gasteiger partial charge in [-0.3, -0.25) is 0 Å². The highest BCUT2D eigenvalue weighted by Crippen LogP contribution is 2.18. The van der Waals surface area contributed by atoms with Gasteiger partial charge in [-0.25, -0.2) is 4.39 Å². The van der Waals surface area contributed by atoms with Crippen molar-refractivity contribution < 1.29 is 4.39 Å². The molecule has 0 saturated carbocycles. The summed E-state index contributed by atoms with van der Waals surface area (Å²) in [6, 6.07) is 4.11. The van der Waals surface area contributed by atoms with Crippen molar-refractivity contribution in [2.24, 2.45) is 0 Å². The first-order valence-corrected chi connectivity index (χ1v) is 3.77. The molecule has 0 nitrogen and oxygen atoms in total. The molecule has 0 heterocycles. The molecule has 0 unspecified atom stereocenters. The van der Waals surface area contributed by atoms with Gasteiger partial charge >= 0.3 is 0 Å². The van der Waals surface area contributed by atoms with E-state index in [2.05, 4.69) is 0 Å². The van der Waals surface area contributed by atoms with Crippen molar-refractivity contribution in [2.75, 3.05) is 0 Å². The Balaban J connectivity index is 3.12. The molecule has 0 aliphatic carbocycles. The number of hydrogen-bond donors (Lipinski definition) is 0. The molecular weight excluding hydrogens is 186 g/mol. The molecule has 1 aromatic rings. The summed E-state index contributed by atoms with van der Waals surface area (Å²) >= 11 is 11.0. The van der Waals surface area contributed by atoms with E-state index in [1.54, 1.807) is 0 Å². The zero-order valence-electron chi connectivity index (χ0n) is 5.52. The van der Waals surface area contributed by atoms with Crippen LogP contribution in [-0.4, -0.2) is 0 Å². The maximum atomic E-state index is 12.5. The summed E-state index contributed by atoms with van der Waals surface area (Å²) in [5.41, 5.74) is 1.88. The van der Waals surface area contributed by atoms with Crippen LogP contribution in [0.15, 0.2) is 23.7 Å². The molecule has 0 amide bonds. The van der Waals surface area contributed by atoms with Crippen molar-refractivity contribution in [1.29, 1.82) is 0 Å². The van der Waals surface area contributed by atoms with Gasteiger partial charge in [0.2, 0.25) is 0 Å². The zero-order chi connectivity index (χ0) is 8.27. The summed E-state index contributed by atoms with van der Waals surface area (Å²) in [5, 5.41) is 0.489. The number of halogens is 3. The molecule has 0 radical (unpaired) electrons. The van der Waals surface area contributed by atoms with Gasteiger partial charge in [0.05, 0.1) is 0 Å². The molecule has 0 atom stereocenters. The Morgan fingerprint density at radius 3 is 2.73 bits per heavy atom. The van der Waals surface area contributed by atoms with Gasteiger partial charge in [0, 0.05) is 10.6 Å². The van der Waals surface area contributed by atoms with E-state index in [1.807, 2.05) is 0 Å². The third-order valence-electron chi connectivity index (χ3n) is 1.20. The van der Waals surface area contributed by atoms with Gasteiger partial charge in [-0.2, -0.15) is 0 Å². The van der Waals surface area contributed by atoms with Crippen LogP contribution in [0.4, 0.5) is 4.39 Å². The molecule has 1 aromatic carbocycles. The van der Waals surface area contributed by atoms with Crippen LogP contribution in [0.1, 0.15) is 5.56 Å². The molecule has 1 rings (SSSR count). The van der Waals surface area contributed by atoms with Crippen LogP contribution in [-0.2, 0) is 0 Å². The molecule has 11 heavy (non-hydrogen) atoms. The zero-order valence-corrected chi connectivity index (χ0v) is 7.03. The van der Waals surface area contributed by atoms with Crippen LogP contribution in [0, 0.1) is 5.82 Å². The molecule has 0 aromatic heterocycles. The fourth-order valence-electron chi connectivity index (χ4n) is 0.710. The van der Waals surface area contributed by atoms with Crippen LogP contribution in [0.3, 0.4) is 0 Å². The van der Waals surface area contributed by atoms with E-state index in [0.29, 0.717) is 10.6 Å². The Hall–Kier alpha value is -0.530. The van der Waals surface area contributed by atoms with Crippen LogP contribution in [0.5, 0.6) is 0 Å². The van der Waals surface area contributed by atoms with E-state index in [4.69, 9.17) is 23.2 Å². The first-order chi connectivity index (χ1) is 5.24. The Kier molecular flexibility index (Phi) is 2.92. The average molecular weight is 191 g/mol. The molecule has 58 valence electrons. The lowest BCUT2D eigenvalue weighted by molar-refractivity contribution is 0.627. The molecule has 0 bridgehead atoms. The minimum atomic E-state index is -0.320. The highest BCUT2D eigenvalue weighted by atomic mass is 35.5. The highest BCUT2D eigenvalue weighted by Gasteiger charge is 1.96. The maximum absolute atomic E-state index is 12.5. The van der Waals surface area contributed by atoms with E-state index in [1.165, 1.54) is 29.8 Å². The number of hydrogen-bond acceptors (Lipinski definition) is 0. The third kappa shape index (κ3) is 2.21. The SMILES string of the molecule is Fc1ccc(Cl)c(C=CCl)c1. The highest BCUT2D eigenvalue weighted by molar-refractivity contribution is 6.32. The number of benzene rings is 1. The quantitative estimate of drug-likeness (QED) is 0.634. The third-order valence-corrected chi connectivity index (χ3v) is 1.67. The van der Waals surface area contributed by atoms with Crippen LogP contribution >= 0.6 is 23.2 Å². The van der Waals surface area contributed by atoms with Crippen molar-refractivity contribution >= 4 is 29.3 Å². The summed E-state index contributed by atoms with van der Waals surface area (Å²) < 4.78 is 12.5. The van der Waals surface area contributed by atoms with Crippen LogP contribution < -0.4 is 0 Å². The van der Waals surface area contributed by atoms with Crippen molar-refractivity contribution in [3.63, 3.8) is 0 Å². The molecule has 3 heteroatoms. The van der Waals surface area contributed by atoms with Gasteiger partial charge < -0.3 is 0 Å². The Morgan fingerprint density at radius 2 is 2.09 bits per heavy atom. The summed E-state index contributed by atoms with van der Waals surface area (Å²) in [4.78, 5) is 0. The second kappa shape index (κ2) is 3.74. The van der Waals surface area contributed by atoms with Gasteiger partial charge in [-0.05, 0) is 29.8 Å². The van der Waals surface area contributed by atoms with Crippen molar-refractivity contribution in [3.8, 4) is 0 Å². The lowest BCUT2D eigenvalue weighted by Gasteiger charge is -1.95. The monoisotopic (exact) mass is 190 g/mol. The molecular formula is C8H5Cl2F. The molecule has 0 spiro atoms. The fraction of sp³-hybridized carbons (Fsp3) is 0. The normalized spacial score (nSPS) is 10.8. The van der Waals surface area contributed by atoms with Crippen molar-refractivity contribution in [1.82, 2.24) is 0 Å². The van der Waals surface area contributed by atoms with E-state index >= 15 is 0 Å². The van der Waals surface area contributed by atoms with E-state index < -0.39 is 0 Å². The molecule has 0 saturated heterocycles. The van der Waals surface area contributed by atoms with Crippen LogP contribution in [0.25, 0.3) is 6.08 Å². The van der Waals surface area contributed by atoms with Gasteiger partial charge in [0.1, 0.15) is 5.82 Å². The largest absolute Gasteiger partial charge is 0.207 e. The topological polar surface area (TPSA) is 0 Å². The summed E-state index contributed by atoms with van der Waals surface area (Å²) in [6.07, 6.45) is 1.53. The fourth-order valence-corrected chi connectivity index (χ4v) is 1.03. The van der Waals surface area contributed by atoms with E-state index in [0.717, 1.165) is 0 Å². The second-order valence-electron chi connectivity index (χ2n) is 1.96. The first kappa shape index (κ1) is 8.57. The van der Waals surface area contributed by atoms with E-state index in [-0.39, 0.29) is 5.82 Å². The Labute approximate surface area is 74.2 Å². The van der Waals surface area contributed by atoms with Gasteiger partial charge in [0.15, 0.2) is 0 Å². The minimum Gasteiger partial charge on any atom is -0.207 e. The lowest BCUT2D eigenvalue weighted by Crippen LogP contribution is -1.77. The summed E-state index contributed by atoms with van der Waals surface area (Å²) in [5.74, 6) is -0.320. The smallest absolute Gasteiger partial charge is 0.123 e. The molecule has 0 aliphatic rings. The van der Waals surface area contributed by atoms with Gasteiger partial charge in [-0.1, -0.05) is 23.2 Å². The Morgan fingerprint density at radius 1 is 1.36 bits per heavy atom. The minimum absolute atomic E-state index is 0.320. The van der Waals surface area contributed by atoms with Gasteiger partial charge in [-0.15, -0.1) is 0 Å². The summed E-state index contributed by atoms with van der Waals surface area (Å²) in [6.45, 7) is 0. The van der Waals surface area contributed by atoms with Gasteiger partial charge in [0.25, 0.3) is 0 Å². The predicted molar refractivity (Wildman–Crippen MR) is 46.3 cm³/mol. The maximum Gasteiger partial charge on any atom is 0.123 e. The van der Waals surface area contributed by atoms with Crippen LogP contribution in [0.2, 0.25) is 5.02 Å². The standard InChI is InChI=1S/C8H5Cl2F/c9-4-3-6-5-7(11)1-2-8(6)10/h1-5H. The lowest BCUT2D eigenvalue weighted by atomic mass is 10.2. The first-order valence-electron chi connectivity index (χ1n) is 2.96. The molecule has 0 fully saturated rings.